The predicted octanol–water partition coefficient (Wildman–Crippen LogP) is 3.64. The highest BCUT2D eigenvalue weighted by Gasteiger charge is 2.14. The van der Waals surface area contributed by atoms with Crippen LogP contribution in [0.2, 0.25) is 0 Å². The maximum Gasteiger partial charge on any atom is 0.163 e. The summed E-state index contributed by atoms with van der Waals surface area (Å²) in [6.45, 7) is 5.14. The molecular formula is C17H19NO3. The Hall–Kier alpha value is -2.36. The van der Waals surface area contributed by atoms with Gasteiger partial charge in [-0.25, -0.2) is 0 Å². The van der Waals surface area contributed by atoms with Gasteiger partial charge in [0.2, 0.25) is 0 Å². The molecule has 21 heavy (non-hydrogen) atoms. The van der Waals surface area contributed by atoms with Crippen molar-refractivity contribution in [3.63, 3.8) is 0 Å². The van der Waals surface area contributed by atoms with Crippen LogP contribution < -0.4 is 14.8 Å². The molecule has 110 valence electrons. The second-order valence-electron chi connectivity index (χ2n) is 5.29. The summed E-state index contributed by atoms with van der Waals surface area (Å²) in [5, 5.41) is 13.4. The van der Waals surface area contributed by atoms with Crippen molar-refractivity contribution in [1.29, 1.82) is 0 Å². The van der Waals surface area contributed by atoms with Gasteiger partial charge >= 0.3 is 0 Å². The molecule has 1 unspecified atom stereocenters. The molecule has 4 nitrogen and oxygen atoms in total. The molecule has 0 amide bonds. The fourth-order valence-electron chi connectivity index (χ4n) is 2.48. The third kappa shape index (κ3) is 2.89. The van der Waals surface area contributed by atoms with Gasteiger partial charge in [-0.05, 0) is 37.6 Å². The molecule has 1 aliphatic heterocycles. The first-order chi connectivity index (χ1) is 10.1. The Morgan fingerprint density at radius 3 is 2.57 bits per heavy atom. The minimum atomic E-state index is -0.00633. The van der Waals surface area contributed by atoms with Crippen LogP contribution in [0.5, 0.6) is 17.2 Å². The maximum absolute atomic E-state index is 10.0. The first-order valence-electron chi connectivity index (χ1n) is 7.09. The van der Waals surface area contributed by atoms with Gasteiger partial charge in [-0.3, -0.25) is 0 Å². The lowest BCUT2D eigenvalue weighted by atomic mass is 10.0. The molecule has 1 atom stereocenters. The summed E-state index contributed by atoms with van der Waals surface area (Å²) >= 11 is 0. The van der Waals surface area contributed by atoms with Gasteiger partial charge < -0.3 is 19.9 Å². The summed E-state index contributed by atoms with van der Waals surface area (Å²) < 4.78 is 11.1. The van der Waals surface area contributed by atoms with Crippen molar-refractivity contribution in [2.24, 2.45) is 0 Å². The van der Waals surface area contributed by atoms with Gasteiger partial charge in [-0.15, -0.1) is 0 Å². The highest BCUT2D eigenvalue weighted by atomic mass is 16.6. The van der Waals surface area contributed by atoms with E-state index in [1.54, 1.807) is 6.07 Å². The second-order valence-corrected chi connectivity index (χ2v) is 5.29. The van der Waals surface area contributed by atoms with Crippen LogP contribution in [0.3, 0.4) is 0 Å². The number of anilines is 1. The topological polar surface area (TPSA) is 50.7 Å². The molecule has 3 rings (SSSR count). The Kier molecular flexibility index (Phi) is 3.60. The van der Waals surface area contributed by atoms with Crippen LogP contribution in [-0.2, 0) is 0 Å². The molecule has 0 radical (unpaired) electrons. The van der Waals surface area contributed by atoms with Crippen molar-refractivity contribution >= 4 is 5.69 Å². The van der Waals surface area contributed by atoms with Gasteiger partial charge in [-0.1, -0.05) is 12.1 Å². The molecule has 2 aromatic rings. The summed E-state index contributed by atoms with van der Waals surface area (Å²) in [6.07, 6.45) is 0. The number of aromatic hydroxyl groups is 1. The number of fused-ring (bicyclic) bond motifs is 1. The van der Waals surface area contributed by atoms with E-state index >= 15 is 0 Å². The monoisotopic (exact) mass is 285 g/mol. The van der Waals surface area contributed by atoms with Crippen molar-refractivity contribution in [2.45, 2.75) is 19.9 Å². The van der Waals surface area contributed by atoms with E-state index in [-0.39, 0.29) is 6.04 Å². The fraction of sp³-hybridized carbons (Fsp3) is 0.294. The molecule has 0 saturated heterocycles. The Balaban J connectivity index is 1.79. The minimum absolute atomic E-state index is 0.00633. The van der Waals surface area contributed by atoms with Crippen LogP contribution in [0.25, 0.3) is 0 Å². The Morgan fingerprint density at radius 2 is 1.81 bits per heavy atom. The molecular weight excluding hydrogens is 266 g/mol. The Morgan fingerprint density at radius 1 is 1.05 bits per heavy atom. The summed E-state index contributed by atoms with van der Waals surface area (Å²) in [6, 6.07) is 11.5. The summed E-state index contributed by atoms with van der Waals surface area (Å²) in [4.78, 5) is 0. The van der Waals surface area contributed by atoms with Crippen molar-refractivity contribution in [1.82, 2.24) is 0 Å². The first-order valence-corrected chi connectivity index (χ1v) is 7.09. The quantitative estimate of drug-likeness (QED) is 0.904. The summed E-state index contributed by atoms with van der Waals surface area (Å²) in [5.74, 6) is 1.84. The van der Waals surface area contributed by atoms with Crippen molar-refractivity contribution in [3.05, 3.63) is 47.5 Å². The molecule has 1 heterocycles. The van der Waals surface area contributed by atoms with Gasteiger partial charge in [0.15, 0.2) is 11.5 Å². The van der Waals surface area contributed by atoms with Gasteiger partial charge in [0.05, 0.1) is 6.04 Å². The standard InChI is InChI=1S/C17H19NO3/c1-11-3-5-14(15(19)9-11)12(2)18-13-4-6-16-17(10-13)21-8-7-20-16/h3-6,9-10,12,18-19H,7-8H2,1-2H3. The number of hydrogen-bond donors (Lipinski definition) is 2. The molecule has 0 saturated carbocycles. The molecule has 2 aromatic carbocycles. The number of benzene rings is 2. The van der Waals surface area contributed by atoms with E-state index in [4.69, 9.17) is 9.47 Å². The van der Waals surface area contributed by atoms with E-state index in [0.717, 1.165) is 28.3 Å². The molecule has 1 aliphatic rings. The number of rotatable bonds is 3. The molecule has 2 N–H and O–H groups in total. The Labute approximate surface area is 124 Å². The number of aryl methyl sites for hydroxylation is 1. The zero-order valence-corrected chi connectivity index (χ0v) is 12.2. The molecule has 4 heteroatoms. The molecule has 0 spiro atoms. The van der Waals surface area contributed by atoms with E-state index in [2.05, 4.69) is 5.32 Å². The number of nitrogens with one attached hydrogen (secondary N) is 1. The number of phenols is 1. The summed E-state index contributed by atoms with van der Waals surface area (Å²) in [5.41, 5.74) is 2.85. The van der Waals surface area contributed by atoms with E-state index < -0.39 is 0 Å². The number of phenolic OH excluding ortho intramolecular Hbond substituents is 1. The van der Waals surface area contributed by atoms with Crippen LogP contribution in [0.4, 0.5) is 5.69 Å². The van der Waals surface area contributed by atoms with Crippen LogP contribution in [0.15, 0.2) is 36.4 Å². The van der Waals surface area contributed by atoms with E-state index in [1.807, 2.05) is 44.2 Å². The van der Waals surface area contributed by atoms with Crippen LogP contribution in [0, 0.1) is 6.92 Å². The zero-order valence-electron chi connectivity index (χ0n) is 12.2. The third-order valence-electron chi connectivity index (χ3n) is 3.58. The van der Waals surface area contributed by atoms with Crippen molar-refractivity contribution in [2.75, 3.05) is 18.5 Å². The highest BCUT2D eigenvalue weighted by molar-refractivity contribution is 5.56. The SMILES string of the molecule is Cc1ccc(C(C)Nc2ccc3c(c2)OCCO3)c(O)c1. The molecule has 0 aliphatic carbocycles. The zero-order chi connectivity index (χ0) is 14.8. The van der Waals surface area contributed by atoms with E-state index in [0.29, 0.717) is 19.0 Å². The molecule has 0 fully saturated rings. The third-order valence-corrected chi connectivity index (χ3v) is 3.58. The largest absolute Gasteiger partial charge is 0.508 e. The maximum atomic E-state index is 10.0. The minimum Gasteiger partial charge on any atom is -0.508 e. The average Bonchev–Trinajstić information content (AvgIpc) is 2.47. The van der Waals surface area contributed by atoms with E-state index in [1.165, 1.54) is 0 Å². The number of hydrogen-bond acceptors (Lipinski definition) is 4. The smallest absolute Gasteiger partial charge is 0.163 e. The van der Waals surface area contributed by atoms with Gasteiger partial charge in [0.1, 0.15) is 19.0 Å². The highest BCUT2D eigenvalue weighted by Crippen LogP contribution is 2.34. The van der Waals surface area contributed by atoms with Crippen LogP contribution in [-0.4, -0.2) is 18.3 Å². The van der Waals surface area contributed by atoms with Crippen molar-refractivity contribution < 1.29 is 14.6 Å². The van der Waals surface area contributed by atoms with Crippen LogP contribution >= 0.6 is 0 Å². The van der Waals surface area contributed by atoms with Gasteiger partial charge in [-0.2, -0.15) is 0 Å². The van der Waals surface area contributed by atoms with Gasteiger partial charge in [0, 0.05) is 17.3 Å². The Bertz CT molecular complexity index is 654. The normalized spacial score (nSPS) is 14.6. The lowest BCUT2D eigenvalue weighted by Crippen LogP contribution is -2.15. The van der Waals surface area contributed by atoms with E-state index in [9.17, 15) is 5.11 Å². The second kappa shape index (κ2) is 5.56. The lowest BCUT2D eigenvalue weighted by Gasteiger charge is -2.21. The molecule has 0 aromatic heterocycles. The van der Waals surface area contributed by atoms with Crippen molar-refractivity contribution in [3.8, 4) is 17.2 Å². The van der Waals surface area contributed by atoms with Crippen LogP contribution in [0.1, 0.15) is 24.1 Å². The first kappa shape index (κ1) is 13.6. The van der Waals surface area contributed by atoms with Gasteiger partial charge in [0.25, 0.3) is 0 Å². The average molecular weight is 285 g/mol. The molecule has 0 bridgehead atoms. The number of ether oxygens (including phenoxy) is 2. The summed E-state index contributed by atoms with van der Waals surface area (Å²) in [7, 11) is 0. The lowest BCUT2D eigenvalue weighted by molar-refractivity contribution is 0.171. The predicted molar refractivity (Wildman–Crippen MR) is 82.3 cm³/mol. The fourth-order valence-corrected chi connectivity index (χ4v) is 2.48.